The van der Waals surface area contributed by atoms with E-state index in [1.807, 2.05) is 22.7 Å². The molecule has 0 aliphatic heterocycles. The van der Waals surface area contributed by atoms with Gasteiger partial charge in [0.1, 0.15) is 0 Å². The van der Waals surface area contributed by atoms with Gasteiger partial charge in [-0.1, -0.05) is 0 Å². The molecule has 0 aliphatic rings. The molecule has 0 bridgehead atoms. The van der Waals surface area contributed by atoms with Crippen molar-refractivity contribution in [3.8, 4) is 0 Å². The molecule has 5 heteroatoms. The molecule has 0 amide bonds. The van der Waals surface area contributed by atoms with Crippen molar-refractivity contribution in [2.75, 3.05) is 0 Å². The van der Waals surface area contributed by atoms with Crippen molar-refractivity contribution < 1.29 is 9.90 Å². The highest BCUT2D eigenvalue weighted by Crippen LogP contribution is 2.14. The summed E-state index contributed by atoms with van der Waals surface area (Å²) in [5.41, 5.74) is 1.97. The lowest BCUT2D eigenvalue weighted by Crippen LogP contribution is -1.97. The number of pyridine rings is 1. The summed E-state index contributed by atoms with van der Waals surface area (Å²) in [6.07, 6.45) is 4.33. The number of rotatable bonds is 3. The molecule has 0 unspecified atom stereocenters. The minimum atomic E-state index is -0.774. The largest absolute Gasteiger partial charge is 0.481 e. The lowest BCUT2D eigenvalue weighted by molar-refractivity contribution is -0.136. The Kier molecular flexibility index (Phi) is 2.73. The first-order chi connectivity index (χ1) is 7.16. The van der Waals surface area contributed by atoms with Crippen molar-refractivity contribution in [3.63, 3.8) is 0 Å². The van der Waals surface area contributed by atoms with Gasteiger partial charge in [0.25, 0.3) is 0 Å². The van der Waals surface area contributed by atoms with Crippen LogP contribution in [0.5, 0.6) is 0 Å². The molecule has 0 spiro atoms. The van der Waals surface area contributed by atoms with Crippen LogP contribution >= 0.6 is 15.9 Å². The molecule has 0 saturated carbocycles. The zero-order valence-corrected chi connectivity index (χ0v) is 9.44. The molecule has 78 valence electrons. The maximum Gasteiger partial charge on any atom is 0.303 e. The van der Waals surface area contributed by atoms with Crippen LogP contribution in [0.15, 0.2) is 29.3 Å². The summed E-state index contributed by atoms with van der Waals surface area (Å²) >= 11 is 3.31. The van der Waals surface area contributed by atoms with E-state index in [0.717, 1.165) is 15.8 Å². The highest BCUT2D eigenvalue weighted by molar-refractivity contribution is 9.10. The van der Waals surface area contributed by atoms with E-state index < -0.39 is 5.97 Å². The summed E-state index contributed by atoms with van der Waals surface area (Å²) in [5, 5.41) is 8.57. The Hall–Kier alpha value is -1.36. The molecule has 1 N–H and O–H groups in total. The number of carbonyl (C=O) groups is 1. The monoisotopic (exact) mass is 268 g/mol. The molecule has 2 aromatic heterocycles. The van der Waals surface area contributed by atoms with Crippen LogP contribution < -0.4 is 0 Å². The third kappa shape index (κ3) is 2.18. The number of carboxylic acid groups (broad SMARTS) is 1. The highest BCUT2D eigenvalue weighted by Gasteiger charge is 2.03. The second-order valence-corrected chi connectivity index (χ2v) is 3.96. The number of aromatic nitrogens is 2. The number of carboxylic acids is 1. The van der Waals surface area contributed by atoms with Gasteiger partial charge in [0.2, 0.25) is 0 Å². The van der Waals surface area contributed by atoms with Crippen LogP contribution in [0.3, 0.4) is 0 Å². The average Bonchev–Trinajstić information content (AvgIpc) is 2.57. The van der Waals surface area contributed by atoms with Gasteiger partial charge < -0.3 is 5.11 Å². The fraction of sp³-hybridized carbons (Fsp3) is 0.200. The normalized spacial score (nSPS) is 10.7. The van der Waals surface area contributed by atoms with Gasteiger partial charge in [0, 0.05) is 12.6 Å². The summed E-state index contributed by atoms with van der Waals surface area (Å²) in [7, 11) is 0. The number of aliphatic carboxylic acids is 1. The minimum absolute atomic E-state index is 0.158. The molecule has 2 aromatic rings. The fourth-order valence-corrected chi connectivity index (χ4v) is 1.85. The summed E-state index contributed by atoms with van der Waals surface area (Å²) in [4.78, 5) is 14.5. The van der Waals surface area contributed by atoms with Gasteiger partial charge in [-0.15, -0.1) is 0 Å². The van der Waals surface area contributed by atoms with Gasteiger partial charge in [-0.05, 0) is 40.0 Å². The first-order valence-corrected chi connectivity index (χ1v) is 5.29. The Morgan fingerprint density at radius 3 is 3.13 bits per heavy atom. The first-order valence-electron chi connectivity index (χ1n) is 4.50. The summed E-state index contributed by atoms with van der Waals surface area (Å²) < 4.78 is 2.65. The van der Waals surface area contributed by atoms with Gasteiger partial charge in [0.15, 0.2) is 4.73 Å². The van der Waals surface area contributed by atoms with E-state index in [4.69, 9.17) is 5.11 Å². The minimum Gasteiger partial charge on any atom is -0.481 e. The Balaban J connectivity index is 2.27. The quantitative estimate of drug-likeness (QED) is 0.928. The van der Waals surface area contributed by atoms with Crippen molar-refractivity contribution in [1.82, 2.24) is 9.38 Å². The maximum absolute atomic E-state index is 10.4. The van der Waals surface area contributed by atoms with Gasteiger partial charge >= 0.3 is 5.97 Å². The molecule has 0 radical (unpaired) electrons. The van der Waals surface area contributed by atoms with Crippen LogP contribution in [-0.4, -0.2) is 20.5 Å². The van der Waals surface area contributed by atoms with Crippen LogP contribution in [0.2, 0.25) is 0 Å². The van der Waals surface area contributed by atoms with Crippen molar-refractivity contribution in [2.24, 2.45) is 0 Å². The molecular formula is C10H9BrN2O2. The number of aryl methyl sites for hydroxylation is 1. The number of halogens is 1. The molecule has 0 atom stereocenters. The molecule has 0 aliphatic carbocycles. The number of hydrogen-bond acceptors (Lipinski definition) is 2. The van der Waals surface area contributed by atoms with Gasteiger partial charge in [-0.25, -0.2) is 4.98 Å². The molecule has 0 saturated heterocycles. The van der Waals surface area contributed by atoms with Crippen molar-refractivity contribution in [2.45, 2.75) is 12.8 Å². The van der Waals surface area contributed by atoms with Crippen molar-refractivity contribution in [1.29, 1.82) is 0 Å². The molecule has 2 heterocycles. The van der Waals surface area contributed by atoms with Crippen LogP contribution in [0.25, 0.3) is 5.52 Å². The van der Waals surface area contributed by atoms with E-state index in [2.05, 4.69) is 20.9 Å². The lowest BCUT2D eigenvalue weighted by atomic mass is 10.1. The molecule has 2 rings (SSSR count). The second kappa shape index (κ2) is 4.02. The Morgan fingerprint density at radius 2 is 2.40 bits per heavy atom. The van der Waals surface area contributed by atoms with E-state index in [0.29, 0.717) is 6.42 Å². The van der Waals surface area contributed by atoms with E-state index in [-0.39, 0.29) is 6.42 Å². The highest BCUT2D eigenvalue weighted by atomic mass is 79.9. The molecule has 4 nitrogen and oxygen atoms in total. The van der Waals surface area contributed by atoms with Crippen LogP contribution in [0.4, 0.5) is 0 Å². The zero-order chi connectivity index (χ0) is 10.8. The van der Waals surface area contributed by atoms with Crippen LogP contribution in [0.1, 0.15) is 12.0 Å². The maximum atomic E-state index is 10.4. The van der Waals surface area contributed by atoms with Crippen molar-refractivity contribution >= 4 is 27.4 Å². The Labute approximate surface area is 94.7 Å². The smallest absolute Gasteiger partial charge is 0.303 e. The molecule has 0 aromatic carbocycles. The fourth-order valence-electron chi connectivity index (χ4n) is 1.42. The predicted molar refractivity (Wildman–Crippen MR) is 58.8 cm³/mol. The van der Waals surface area contributed by atoms with Gasteiger partial charge in [-0.2, -0.15) is 0 Å². The lowest BCUT2D eigenvalue weighted by Gasteiger charge is -2.00. The van der Waals surface area contributed by atoms with E-state index in [1.165, 1.54) is 0 Å². The zero-order valence-electron chi connectivity index (χ0n) is 7.85. The number of imidazole rings is 1. The van der Waals surface area contributed by atoms with E-state index >= 15 is 0 Å². The molecule has 0 fully saturated rings. The third-order valence-corrected chi connectivity index (χ3v) is 2.77. The third-order valence-electron chi connectivity index (χ3n) is 2.18. The SMILES string of the molecule is O=C(O)CCc1ccn2c(Br)ncc2c1. The second-order valence-electron chi connectivity index (χ2n) is 3.25. The number of nitrogens with zero attached hydrogens (tertiary/aromatic N) is 2. The standard InChI is InChI=1S/C10H9BrN2O2/c11-10-12-6-8-5-7(1-2-9(14)15)3-4-13(8)10/h3-6H,1-2H2,(H,14,15). The van der Waals surface area contributed by atoms with Crippen LogP contribution in [-0.2, 0) is 11.2 Å². The van der Waals surface area contributed by atoms with Crippen LogP contribution in [0, 0.1) is 0 Å². The summed E-state index contributed by atoms with van der Waals surface area (Å²) in [6, 6.07) is 3.85. The summed E-state index contributed by atoms with van der Waals surface area (Å²) in [5.74, 6) is -0.774. The number of fused-ring (bicyclic) bond motifs is 1. The Morgan fingerprint density at radius 1 is 1.60 bits per heavy atom. The summed E-state index contributed by atoms with van der Waals surface area (Å²) in [6.45, 7) is 0. The average molecular weight is 269 g/mol. The molecule has 15 heavy (non-hydrogen) atoms. The Bertz CT molecular complexity index is 507. The van der Waals surface area contributed by atoms with Gasteiger partial charge in [-0.3, -0.25) is 9.20 Å². The first kappa shape index (κ1) is 10.2. The predicted octanol–water partition coefficient (Wildman–Crippen LogP) is 2.11. The van der Waals surface area contributed by atoms with E-state index in [1.54, 1.807) is 6.20 Å². The molecular weight excluding hydrogens is 260 g/mol. The van der Waals surface area contributed by atoms with E-state index in [9.17, 15) is 4.79 Å². The topological polar surface area (TPSA) is 54.6 Å². The number of hydrogen-bond donors (Lipinski definition) is 1. The van der Waals surface area contributed by atoms with Gasteiger partial charge in [0.05, 0.1) is 11.7 Å². The van der Waals surface area contributed by atoms with Crippen molar-refractivity contribution in [3.05, 3.63) is 34.8 Å².